The molecule has 3 aliphatic rings. The smallest absolute Gasteiger partial charge is 0.309 e. The summed E-state index contributed by atoms with van der Waals surface area (Å²) in [6.07, 6.45) is 5.52. The van der Waals surface area contributed by atoms with Crippen LogP contribution in [0.3, 0.4) is 0 Å². The molecular formula is C33H55F6NO9S. The monoisotopic (exact) mass is 755 g/mol. The van der Waals surface area contributed by atoms with Gasteiger partial charge >= 0.3 is 17.9 Å². The molecular weight excluding hydrogens is 700 g/mol. The zero-order valence-electron chi connectivity index (χ0n) is 29.8. The Morgan fingerprint density at radius 1 is 0.740 bits per heavy atom. The van der Waals surface area contributed by atoms with Gasteiger partial charge < -0.3 is 23.7 Å². The van der Waals surface area contributed by atoms with Gasteiger partial charge in [-0.3, -0.25) is 19.2 Å². The Morgan fingerprint density at radius 3 is 1.50 bits per heavy atom. The molecule has 0 aromatic heterocycles. The lowest BCUT2D eigenvalue weighted by Crippen LogP contribution is -2.29. The van der Waals surface area contributed by atoms with Gasteiger partial charge in [0.1, 0.15) is 5.78 Å². The van der Waals surface area contributed by atoms with Crippen LogP contribution in [0.25, 0.3) is 0 Å². The molecule has 3 rings (SSSR count). The summed E-state index contributed by atoms with van der Waals surface area (Å²) in [6, 6.07) is 0. The van der Waals surface area contributed by atoms with Gasteiger partial charge in [0.15, 0.2) is 0 Å². The van der Waals surface area contributed by atoms with Gasteiger partial charge in [0.05, 0.1) is 56.6 Å². The van der Waals surface area contributed by atoms with Crippen molar-refractivity contribution in [1.82, 2.24) is 4.31 Å². The first-order valence-corrected chi connectivity index (χ1v) is 18.2. The van der Waals surface area contributed by atoms with E-state index in [-0.39, 0.29) is 99.3 Å². The number of nitrogens with zero attached hydrogens (tertiary/aromatic N) is 1. The highest BCUT2D eigenvalue weighted by molar-refractivity contribution is 8.18. The van der Waals surface area contributed by atoms with Gasteiger partial charge in [-0.2, -0.15) is 4.31 Å². The molecule has 0 aliphatic heterocycles. The van der Waals surface area contributed by atoms with E-state index in [0.29, 0.717) is 69.1 Å². The molecule has 3 aliphatic carbocycles. The standard InChI is InChI=1S/C9H14F2O2.C9H13FO2.C9H14O3.C6H14F3NO2S/c1-2-13-8(12)7-3-5-9(10,11)6-4-7;2*1-2-12-9(11)7-3-5-8(10)6-4-7;1-11-5-3-10(4-6-12-2)13(7,8)9/h7H,2-6H2,1H3;5,7H,2-4,6H2,1H3;7H,2-6H2,1H3;3-6H2,1-2H3. The lowest BCUT2D eigenvalue weighted by Gasteiger charge is -2.26. The maximum atomic E-state index is 12.7. The second-order valence-electron chi connectivity index (χ2n) is 11.6. The number of ether oxygens (including phenoxy) is 5. The van der Waals surface area contributed by atoms with Crippen molar-refractivity contribution < 1.29 is 67.7 Å². The predicted molar refractivity (Wildman–Crippen MR) is 177 cm³/mol. The van der Waals surface area contributed by atoms with Gasteiger partial charge in [-0.15, -0.1) is 11.7 Å². The normalized spacial score (nSPS) is 19.6. The van der Waals surface area contributed by atoms with Crippen molar-refractivity contribution in [3.05, 3.63) is 11.9 Å². The molecule has 1 unspecified atom stereocenters. The number of carbonyl (C=O) groups is 4. The third-order valence-electron chi connectivity index (χ3n) is 7.86. The number of rotatable bonds is 13. The molecule has 1 atom stereocenters. The highest BCUT2D eigenvalue weighted by Gasteiger charge is 2.38. The van der Waals surface area contributed by atoms with E-state index in [1.54, 1.807) is 20.8 Å². The van der Waals surface area contributed by atoms with Crippen LogP contribution in [0.1, 0.15) is 91.4 Å². The van der Waals surface area contributed by atoms with Crippen molar-refractivity contribution >= 4 is 35.1 Å². The number of Topliss-reactive ketones (excluding diaryl/α,β-unsaturated/α-hetero) is 1. The Kier molecular flexibility index (Phi) is 25.2. The van der Waals surface area contributed by atoms with Gasteiger partial charge in [-0.1, -0.05) is 6.08 Å². The third kappa shape index (κ3) is 21.8. The first-order valence-electron chi connectivity index (χ1n) is 16.9. The third-order valence-corrected chi connectivity index (χ3v) is 8.81. The fourth-order valence-electron chi connectivity index (χ4n) is 4.95. The molecule has 0 saturated heterocycles. The van der Waals surface area contributed by atoms with Gasteiger partial charge in [0.25, 0.3) is 11.4 Å². The molecule has 17 heteroatoms. The van der Waals surface area contributed by atoms with E-state index in [4.69, 9.17) is 14.2 Å². The second kappa shape index (κ2) is 26.4. The summed E-state index contributed by atoms with van der Waals surface area (Å²) in [6.45, 7) is 6.36. The topological polar surface area (TPSA) is 118 Å². The van der Waals surface area contributed by atoms with Crippen LogP contribution in [0, 0.1) is 17.8 Å². The molecule has 0 heterocycles. The summed E-state index contributed by atoms with van der Waals surface area (Å²) in [7, 11) is 2.75. The molecule has 0 aromatic carbocycles. The van der Waals surface area contributed by atoms with E-state index in [0.717, 1.165) is 0 Å². The number of ketones is 1. The molecule has 0 amide bonds. The summed E-state index contributed by atoms with van der Waals surface area (Å²) in [5.41, 5.74) is 0. The van der Waals surface area contributed by atoms with E-state index in [1.165, 1.54) is 20.3 Å². The molecule has 0 N–H and O–H groups in total. The molecule has 2 fully saturated rings. The van der Waals surface area contributed by atoms with E-state index < -0.39 is 17.3 Å². The zero-order valence-corrected chi connectivity index (χ0v) is 30.7. The van der Waals surface area contributed by atoms with Gasteiger partial charge in [-0.25, -0.2) is 13.2 Å². The summed E-state index contributed by atoms with van der Waals surface area (Å²) >= 11 is -5.14. The van der Waals surface area contributed by atoms with Crippen molar-refractivity contribution in [2.75, 3.05) is 60.3 Å². The molecule has 2 saturated carbocycles. The number of methoxy groups -OCH3 is 2. The van der Waals surface area contributed by atoms with Crippen LogP contribution in [0.2, 0.25) is 0 Å². The van der Waals surface area contributed by atoms with E-state index in [9.17, 15) is 44.0 Å². The zero-order chi connectivity index (χ0) is 38.2. The lowest BCUT2D eigenvalue weighted by molar-refractivity contribution is -0.152. The fraction of sp³-hybridized carbons (Fsp3) is 0.818. The maximum absolute atomic E-state index is 12.7. The summed E-state index contributed by atoms with van der Waals surface area (Å²) in [5.74, 6) is -3.50. The Hall–Kier alpha value is -2.37. The maximum Gasteiger partial charge on any atom is 0.309 e. The van der Waals surface area contributed by atoms with Crippen LogP contribution in [0.4, 0.5) is 24.8 Å². The first-order chi connectivity index (χ1) is 23.5. The average Bonchev–Trinajstić information content (AvgIpc) is 3.06. The number of alkyl halides is 2. The Bertz CT molecular complexity index is 1000. The number of esters is 3. The van der Waals surface area contributed by atoms with Gasteiger partial charge in [0, 0.05) is 53.0 Å². The average molecular weight is 756 g/mol. The number of carbonyl (C=O) groups excluding carboxylic acids is 4. The van der Waals surface area contributed by atoms with Crippen LogP contribution < -0.4 is 0 Å². The molecule has 10 nitrogen and oxygen atoms in total. The highest BCUT2D eigenvalue weighted by atomic mass is 32.3. The van der Waals surface area contributed by atoms with Crippen LogP contribution in [0.5, 0.6) is 0 Å². The molecule has 0 radical (unpaired) electrons. The molecule has 50 heavy (non-hydrogen) atoms. The van der Waals surface area contributed by atoms with Crippen LogP contribution in [-0.4, -0.2) is 94.3 Å². The first kappa shape index (κ1) is 47.6. The minimum atomic E-state index is -5.14. The number of halogens is 6. The van der Waals surface area contributed by atoms with Crippen molar-refractivity contribution in [3.8, 4) is 0 Å². The van der Waals surface area contributed by atoms with E-state index in [1.807, 2.05) is 0 Å². The van der Waals surface area contributed by atoms with Crippen LogP contribution >= 0.6 is 11.4 Å². The van der Waals surface area contributed by atoms with Crippen molar-refractivity contribution in [2.45, 2.75) is 97.3 Å². The molecule has 294 valence electrons. The molecule has 0 spiro atoms. The van der Waals surface area contributed by atoms with Gasteiger partial charge in [0.2, 0.25) is 5.92 Å². The molecule has 0 bridgehead atoms. The highest BCUT2D eigenvalue weighted by Crippen LogP contribution is 2.56. The fourth-order valence-corrected chi connectivity index (χ4v) is 5.52. The number of hydrogen-bond acceptors (Lipinski definition) is 10. The Balaban J connectivity index is 0.000000641. The van der Waals surface area contributed by atoms with Crippen LogP contribution in [0.15, 0.2) is 11.9 Å². The second-order valence-corrected chi connectivity index (χ2v) is 12.9. The summed E-state index contributed by atoms with van der Waals surface area (Å²) in [5, 5.41) is 0. The summed E-state index contributed by atoms with van der Waals surface area (Å²) in [4.78, 5) is 44.3. The Morgan fingerprint density at radius 2 is 1.14 bits per heavy atom. The van der Waals surface area contributed by atoms with Crippen molar-refractivity contribution in [1.29, 1.82) is 0 Å². The minimum Gasteiger partial charge on any atom is -0.466 e. The van der Waals surface area contributed by atoms with Crippen molar-refractivity contribution in [3.63, 3.8) is 0 Å². The number of allylic oxidation sites excluding steroid dienone is 2. The van der Waals surface area contributed by atoms with Crippen LogP contribution in [-0.2, 0) is 42.9 Å². The number of hydrogen-bond donors (Lipinski definition) is 0. The minimum absolute atomic E-state index is 0.0253. The molecule has 0 aromatic rings. The lowest BCUT2D eigenvalue weighted by atomic mass is 9.87. The Labute approximate surface area is 294 Å². The van der Waals surface area contributed by atoms with Gasteiger partial charge in [-0.05, 0) is 65.7 Å². The quantitative estimate of drug-likeness (QED) is 0.105. The predicted octanol–water partition coefficient (Wildman–Crippen LogP) is 7.84. The van der Waals surface area contributed by atoms with E-state index >= 15 is 0 Å². The SMILES string of the molecule is CCOC(=O)C1CC=C(F)CC1.CCOC(=O)C1CCC(=O)CC1.CCOC(=O)C1CCC(F)(F)CC1.COCCN(CCOC)S(F)(F)F. The largest absolute Gasteiger partial charge is 0.466 e. The summed E-state index contributed by atoms with van der Waals surface area (Å²) < 4.78 is 98.7. The van der Waals surface area contributed by atoms with Crippen molar-refractivity contribution in [2.24, 2.45) is 17.8 Å². The van der Waals surface area contributed by atoms with E-state index in [2.05, 4.69) is 9.47 Å².